The van der Waals surface area contributed by atoms with Crippen molar-refractivity contribution in [2.75, 3.05) is 6.54 Å². The van der Waals surface area contributed by atoms with Crippen LogP contribution in [-0.4, -0.2) is 18.1 Å². The average molecular weight is 366 g/mol. The summed E-state index contributed by atoms with van der Waals surface area (Å²) >= 11 is 0. The molecule has 1 amide bonds. The summed E-state index contributed by atoms with van der Waals surface area (Å²) < 4.78 is 0. The lowest BCUT2D eigenvalue weighted by molar-refractivity contribution is -0.121. The Bertz CT molecular complexity index is 369. The number of hydrogen-bond donors (Lipinski definition) is 3. The third-order valence-corrected chi connectivity index (χ3v) is 4.71. The monoisotopic (exact) mass is 365 g/mol. The summed E-state index contributed by atoms with van der Waals surface area (Å²) in [6.07, 6.45) is 24.1. The summed E-state index contributed by atoms with van der Waals surface area (Å²) in [4.78, 5) is 11.7. The number of carbonyl (C=O) groups excluding carboxylic acids is 1. The molecule has 152 valence electrons. The van der Waals surface area contributed by atoms with Gasteiger partial charge in [0.15, 0.2) is 0 Å². The molecule has 0 aliphatic rings. The lowest BCUT2D eigenvalue weighted by Crippen LogP contribution is -2.48. The maximum atomic E-state index is 11.7. The molecule has 0 heterocycles. The third-order valence-electron chi connectivity index (χ3n) is 4.71. The van der Waals surface area contributed by atoms with Crippen LogP contribution in [0.2, 0.25) is 0 Å². The van der Waals surface area contributed by atoms with Gasteiger partial charge in [-0.3, -0.25) is 4.79 Å². The summed E-state index contributed by atoms with van der Waals surface area (Å²) in [7, 11) is 0. The van der Waals surface area contributed by atoms with E-state index in [1.165, 1.54) is 70.6 Å². The zero-order valence-corrected chi connectivity index (χ0v) is 17.2. The molecule has 0 saturated carbocycles. The van der Waals surface area contributed by atoms with Crippen LogP contribution in [-0.2, 0) is 4.79 Å². The standard InChI is InChI=1S/C22H43N3O/c1-3-4-5-6-7-8-9-10-11-12-13-14-15-16-17-18-21(26)25-20-19-22(2,23)24/h1H,4-20,23-24H2,2H3,(H,25,26). The summed E-state index contributed by atoms with van der Waals surface area (Å²) in [5.41, 5.74) is 10.7. The SMILES string of the molecule is C#CCCCCCCCCCCCCCCCC(=O)NCCC(C)(N)N. The van der Waals surface area contributed by atoms with Crippen LogP contribution in [0.1, 0.15) is 110 Å². The molecule has 0 aliphatic heterocycles. The van der Waals surface area contributed by atoms with Crippen molar-refractivity contribution in [2.45, 2.75) is 115 Å². The fourth-order valence-electron chi connectivity index (χ4n) is 3.02. The van der Waals surface area contributed by atoms with Gasteiger partial charge in [0, 0.05) is 19.4 Å². The molecule has 0 unspecified atom stereocenters. The normalized spacial score (nSPS) is 11.3. The predicted octanol–water partition coefficient (Wildman–Crippen LogP) is 4.61. The minimum atomic E-state index is -0.699. The molecule has 0 saturated heterocycles. The van der Waals surface area contributed by atoms with Crippen LogP contribution in [0.4, 0.5) is 0 Å². The Morgan fingerprint density at radius 2 is 1.27 bits per heavy atom. The van der Waals surface area contributed by atoms with Crippen molar-refractivity contribution >= 4 is 5.91 Å². The van der Waals surface area contributed by atoms with Crippen LogP contribution >= 0.6 is 0 Å². The summed E-state index contributed by atoms with van der Waals surface area (Å²) in [6.45, 7) is 2.33. The first-order valence-corrected chi connectivity index (χ1v) is 10.7. The van der Waals surface area contributed by atoms with Gasteiger partial charge in [-0.2, -0.15) is 0 Å². The second-order valence-corrected chi connectivity index (χ2v) is 7.91. The summed E-state index contributed by atoms with van der Waals surface area (Å²) in [5, 5.41) is 2.88. The van der Waals surface area contributed by atoms with Crippen molar-refractivity contribution in [3.63, 3.8) is 0 Å². The van der Waals surface area contributed by atoms with Crippen molar-refractivity contribution in [1.29, 1.82) is 0 Å². The van der Waals surface area contributed by atoms with Gasteiger partial charge < -0.3 is 16.8 Å². The molecule has 0 aromatic carbocycles. The molecule has 0 bridgehead atoms. The van der Waals surface area contributed by atoms with Gasteiger partial charge in [-0.25, -0.2) is 0 Å². The first-order chi connectivity index (χ1) is 12.5. The van der Waals surface area contributed by atoms with Crippen molar-refractivity contribution in [3.8, 4) is 12.3 Å². The van der Waals surface area contributed by atoms with E-state index in [9.17, 15) is 4.79 Å². The molecular weight excluding hydrogens is 322 g/mol. The number of terminal acetylenes is 1. The van der Waals surface area contributed by atoms with Gasteiger partial charge in [-0.1, -0.05) is 70.6 Å². The molecule has 0 aromatic rings. The van der Waals surface area contributed by atoms with Crippen molar-refractivity contribution in [2.24, 2.45) is 11.5 Å². The molecule has 0 atom stereocenters. The Kier molecular flexibility index (Phi) is 16.7. The van der Waals surface area contributed by atoms with E-state index >= 15 is 0 Å². The van der Waals surface area contributed by atoms with Crippen LogP contribution in [0.25, 0.3) is 0 Å². The smallest absolute Gasteiger partial charge is 0.219 e. The zero-order chi connectivity index (χ0) is 19.5. The minimum Gasteiger partial charge on any atom is -0.356 e. The molecule has 26 heavy (non-hydrogen) atoms. The Morgan fingerprint density at radius 1 is 0.846 bits per heavy atom. The van der Waals surface area contributed by atoms with Crippen LogP contribution in [0.15, 0.2) is 0 Å². The lowest BCUT2D eigenvalue weighted by atomic mass is 10.0. The number of carbonyl (C=O) groups is 1. The van der Waals surface area contributed by atoms with E-state index in [-0.39, 0.29) is 5.91 Å². The zero-order valence-electron chi connectivity index (χ0n) is 17.2. The number of rotatable bonds is 18. The maximum Gasteiger partial charge on any atom is 0.219 e. The Morgan fingerprint density at radius 3 is 1.69 bits per heavy atom. The highest BCUT2D eigenvalue weighted by molar-refractivity contribution is 5.75. The van der Waals surface area contributed by atoms with Crippen molar-refractivity contribution in [1.82, 2.24) is 5.32 Å². The first-order valence-electron chi connectivity index (χ1n) is 10.7. The second-order valence-electron chi connectivity index (χ2n) is 7.91. The number of nitrogens with two attached hydrogens (primary N) is 2. The quantitative estimate of drug-likeness (QED) is 0.188. The molecule has 0 rings (SSSR count). The highest BCUT2D eigenvalue weighted by Gasteiger charge is 2.10. The van der Waals surface area contributed by atoms with Crippen LogP contribution in [0.3, 0.4) is 0 Å². The number of nitrogens with one attached hydrogen (secondary N) is 1. The van der Waals surface area contributed by atoms with Crippen LogP contribution in [0.5, 0.6) is 0 Å². The Hall–Kier alpha value is -1.05. The van der Waals surface area contributed by atoms with Crippen molar-refractivity contribution < 1.29 is 4.79 Å². The van der Waals surface area contributed by atoms with Gasteiger partial charge in [-0.15, -0.1) is 12.3 Å². The molecule has 4 heteroatoms. The lowest BCUT2D eigenvalue weighted by Gasteiger charge is -2.18. The van der Waals surface area contributed by atoms with E-state index < -0.39 is 5.66 Å². The van der Waals surface area contributed by atoms with Gasteiger partial charge >= 0.3 is 0 Å². The molecular formula is C22H43N3O. The topological polar surface area (TPSA) is 81.1 Å². The molecule has 5 N–H and O–H groups in total. The van der Waals surface area contributed by atoms with Gasteiger partial charge in [-0.05, 0) is 26.2 Å². The van der Waals surface area contributed by atoms with Gasteiger partial charge in [0.25, 0.3) is 0 Å². The summed E-state index contributed by atoms with van der Waals surface area (Å²) in [5.74, 6) is 2.82. The third kappa shape index (κ3) is 21.0. The van der Waals surface area contributed by atoms with E-state index in [4.69, 9.17) is 17.9 Å². The number of unbranched alkanes of at least 4 members (excludes halogenated alkanes) is 13. The fraction of sp³-hybridized carbons (Fsp3) is 0.864. The largest absolute Gasteiger partial charge is 0.356 e. The number of amides is 1. The van der Waals surface area contributed by atoms with Crippen LogP contribution < -0.4 is 16.8 Å². The van der Waals surface area contributed by atoms with Gasteiger partial charge in [0.2, 0.25) is 5.91 Å². The van der Waals surface area contributed by atoms with E-state index in [0.29, 0.717) is 19.4 Å². The van der Waals surface area contributed by atoms with Crippen LogP contribution in [0, 0.1) is 12.3 Å². The maximum absolute atomic E-state index is 11.7. The predicted molar refractivity (Wildman–Crippen MR) is 112 cm³/mol. The number of hydrogen-bond acceptors (Lipinski definition) is 3. The Labute approximate surface area is 162 Å². The first kappa shape index (κ1) is 24.9. The Balaban J connectivity index is 3.17. The van der Waals surface area contributed by atoms with E-state index in [2.05, 4.69) is 11.2 Å². The average Bonchev–Trinajstić information content (AvgIpc) is 2.57. The minimum absolute atomic E-state index is 0.119. The van der Waals surface area contributed by atoms with E-state index in [0.717, 1.165) is 19.3 Å². The van der Waals surface area contributed by atoms with E-state index in [1.807, 2.05) is 0 Å². The molecule has 4 nitrogen and oxygen atoms in total. The van der Waals surface area contributed by atoms with Crippen molar-refractivity contribution in [3.05, 3.63) is 0 Å². The fourth-order valence-corrected chi connectivity index (χ4v) is 3.02. The highest BCUT2D eigenvalue weighted by atomic mass is 16.1. The molecule has 0 aliphatic carbocycles. The summed E-state index contributed by atoms with van der Waals surface area (Å²) in [6, 6.07) is 0. The van der Waals surface area contributed by atoms with Gasteiger partial charge in [0.1, 0.15) is 0 Å². The molecule has 0 radical (unpaired) electrons. The second kappa shape index (κ2) is 17.4. The van der Waals surface area contributed by atoms with E-state index in [1.54, 1.807) is 6.92 Å². The molecule has 0 fully saturated rings. The highest BCUT2D eigenvalue weighted by Crippen LogP contribution is 2.13. The van der Waals surface area contributed by atoms with Gasteiger partial charge in [0.05, 0.1) is 5.66 Å². The molecule has 0 aromatic heterocycles. The molecule has 0 spiro atoms.